The lowest BCUT2D eigenvalue weighted by atomic mass is 9.66. The Balaban J connectivity index is 1.71. The van der Waals surface area contributed by atoms with Crippen LogP contribution in [0.1, 0.15) is 32.3 Å². The van der Waals surface area contributed by atoms with E-state index in [4.69, 9.17) is 4.74 Å². The molecule has 2 amide bonds. The molecular weight excluding hydrogens is 433 g/mol. The molecular formula is C25H27F3N2O3. The number of rotatable bonds is 6. The molecule has 0 radical (unpaired) electrons. The van der Waals surface area contributed by atoms with Crippen molar-refractivity contribution in [2.24, 2.45) is 5.92 Å². The Labute approximate surface area is 190 Å². The molecule has 3 aliphatic rings. The van der Waals surface area contributed by atoms with E-state index in [0.29, 0.717) is 5.56 Å². The standard InChI is InChI=1S/C25H27F3N2O3/c1-13(33-3)25(32)30-20-9-17(10-20)24(29-14(2)31)22(30)11-15-5-4-6-21(23(15)28)16-7-18(26)12-19(27)8-16/h4-8,12-13,17,20,22,24H,9-11H2,1-3H3,(H,29,31)/t13-,17?,20?,22+,24+/m1/s1. The number of hydrogen-bond donors (Lipinski definition) is 1. The predicted octanol–water partition coefficient (Wildman–Crippen LogP) is 3.84. The Bertz CT molecular complexity index is 1050. The highest BCUT2D eigenvalue weighted by atomic mass is 19.1. The van der Waals surface area contributed by atoms with E-state index in [2.05, 4.69) is 5.32 Å². The number of halogens is 3. The molecule has 3 fully saturated rings. The Hall–Kier alpha value is -2.87. The van der Waals surface area contributed by atoms with Gasteiger partial charge in [0.15, 0.2) is 0 Å². The summed E-state index contributed by atoms with van der Waals surface area (Å²) in [5.74, 6) is -2.40. The van der Waals surface area contributed by atoms with Crippen LogP contribution in [0.4, 0.5) is 13.2 Å². The van der Waals surface area contributed by atoms with Gasteiger partial charge >= 0.3 is 0 Å². The van der Waals surface area contributed by atoms with E-state index in [1.54, 1.807) is 24.0 Å². The minimum absolute atomic E-state index is 0.0127. The van der Waals surface area contributed by atoms with Crippen LogP contribution in [-0.2, 0) is 20.7 Å². The fraction of sp³-hybridized carbons (Fsp3) is 0.440. The van der Waals surface area contributed by atoms with Gasteiger partial charge in [-0.2, -0.15) is 0 Å². The number of carbonyl (C=O) groups is 2. The number of ether oxygens (including phenoxy) is 1. The second-order valence-corrected chi connectivity index (χ2v) is 8.94. The molecule has 2 aromatic carbocycles. The summed E-state index contributed by atoms with van der Waals surface area (Å²) in [6.07, 6.45) is 1.02. The zero-order chi connectivity index (χ0) is 23.9. The molecule has 2 saturated heterocycles. The average molecular weight is 460 g/mol. The van der Waals surface area contributed by atoms with Gasteiger partial charge in [-0.15, -0.1) is 0 Å². The molecule has 2 aromatic rings. The third-order valence-electron chi connectivity index (χ3n) is 6.83. The van der Waals surface area contributed by atoms with Crippen molar-refractivity contribution in [3.63, 3.8) is 0 Å². The van der Waals surface area contributed by atoms with Crippen LogP contribution < -0.4 is 5.32 Å². The van der Waals surface area contributed by atoms with E-state index in [1.807, 2.05) is 0 Å². The molecule has 176 valence electrons. The maximum Gasteiger partial charge on any atom is 0.251 e. The van der Waals surface area contributed by atoms with Gasteiger partial charge in [-0.1, -0.05) is 18.2 Å². The fourth-order valence-corrected chi connectivity index (χ4v) is 5.13. The van der Waals surface area contributed by atoms with Crippen LogP contribution in [0.25, 0.3) is 11.1 Å². The number of nitrogens with one attached hydrogen (secondary N) is 1. The van der Waals surface area contributed by atoms with Crippen molar-refractivity contribution >= 4 is 11.8 Å². The first-order chi connectivity index (χ1) is 15.7. The second kappa shape index (κ2) is 9.17. The Kier molecular flexibility index (Phi) is 6.47. The number of piperidine rings is 2. The molecule has 0 spiro atoms. The summed E-state index contributed by atoms with van der Waals surface area (Å²) in [5, 5.41) is 2.97. The summed E-state index contributed by atoms with van der Waals surface area (Å²) in [5.41, 5.74) is 0.477. The first kappa shape index (κ1) is 23.3. The number of hydrogen-bond acceptors (Lipinski definition) is 3. The largest absolute Gasteiger partial charge is 0.372 e. The van der Waals surface area contributed by atoms with Gasteiger partial charge in [0.05, 0.1) is 12.1 Å². The zero-order valence-electron chi connectivity index (χ0n) is 18.8. The van der Waals surface area contributed by atoms with Gasteiger partial charge in [-0.05, 0) is 55.4 Å². The minimum Gasteiger partial charge on any atom is -0.372 e. The number of nitrogens with zero attached hydrogens (tertiary/aromatic N) is 1. The average Bonchev–Trinajstić information content (AvgIpc) is 2.72. The molecule has 2 aliphatic heterocycles. The first-order valence-electron chi connectivity index (χ1n) is 11.1. The molecule has 1 aliphatic carbocycles. The van der Waals surface area contributed by atoms with Gasteiger partial charge in [0.2, 0.25) is 5.91 Å². The molecule has 1 N–H and O–H groups in total. The SMILES string of the molecule is CO[C@H](C)C(=O)N1C2CC(C2)[C@H](NC(C)=O)[C@@H]1Cc1cccc(-c2cc(F)cc(F)c2)c1F. The summed E-state index contributed by atoms with van der Waals surface area (Å²) in [7, 11) is 1.46. The van der Waals surface area contributed by atoms with Crippen LogP contribution >= 0.6 is 0 Å². The van der Waals surface area contributed by atoms with Gasteiger partial charge in [0, 0.05) is 31.7 Å². The molecule has 33 heavy (non-hydrogen) atoms. The van der Waals surface area contributed by atoms with Gasteiger partial charge in [0.1, 0.15) is 23.6 Å². The monoisotopic (exact) mass is 460 g/mol. The fourth-order valence-electron chi connectivity index (χ4n) is 5.13. The van der Waals surface area contributed by atoms with Crippen molar-refractivity contribution in [3.05, 3.63) is 59.4 Å². The quantitative estimate of drug-likeness (QED) is 0.713. The molecule has 2 heterocycles. The Morgan fingerprint density at radius 3 is 2.42 bits per heavy atom. The lowest BCUT2D eigenvalue weighted by Crippen LogP contribution is -2.71. The summed E-state index contributed by atoms with van der Waals surface area (Å²) >= 11 is 0. The van der Waals surface area contributed by atoms with Gasteiger partial charge in [0.25, 0.3) is 5.91 Å². The normalized spacial score (nSPS) is 24.7. The number of fused-ring (bicyclic) bond motifs is 2. The summed E-state index contributed by atoms with van der Waals surface area (Å²) in [6.45, 7) is 3.09. The molecule has 0 unspecified atom stereocenters. The smallest absolute Gasteiger partial charge is 0.251 e. The molecule has 8 heteroatoms. The summed E-state index contributed by atoms with van der Waals surface area (Å²) in [6, 6.07) is 6.80. The van der Waals surface area contributed by atoms with Crippen LogP contribution in [0.15, 0.2) is 36.4 Å². The highest BCUT2D eigenvalue weighted by Crippen LogP contribution is 2.44. The third-order valence-corrected chi connectivity index (χ3v) is 6.83. The highest BCUT2D eigenvalue weighted by molar-refractivity contribution is 5.82. The molecule has 5 nitrogen and oxygen atoms in total. The van der Waals surface area contributed by atoms with Crippen molar-refractivity contribution < 1.29 is 27.5 Å². The molecule has 5 rings (SSSR count). The van der Waals surface area contributed by atoms with E-state index in [0.717, 1.165) is 31.0 Å². The molecule has 0 aromatic heterocycles. The molecule has 3 atom stereocenters. The van der Waals surface area contributed by atoms with Crippen LogP contribution in [-0.4, -0.2) is 48.1 Å². The summed E-state index contributed by atoms with van der Waals surface area (Å²) in [4.78, 5) is 26.8. The Morgan fingerprint density at radius 1 is 1.15 bits per heavy atom. The lowest BCUT2D eigenvalue weighted by molar-refractivity contribution is -0.161. The van der Waals surface area contributed by atoms with Crippen molar-refractivity contribution in [1.29, 1.82) is 0 Å². The maximum atomic E-state index is 15.6. The van der Waals surface area contributed by atoms with Gasteiger partial charge < -0.3 is 15.0 Å². The number of methoxy groups -OCH3 is 1. The van der Waals surface area contributed by atoms with Crippen molar-refractivity contribution in [3.8, 4) is 11.1 Å². The van der Waals surface area contributed by atoms with E-state index in [1.165, 1.54) is 20.1 Å². The lowest BCUT2D eigenvalue weighted by Gasteiger charge is -2.58. The Morgan fingerprint density at radius 2 is 1.82 bits per heavy atom. The number of carbonyl (C=O) groups excluding carboxylic acids is 2. The first-order valence-corrected chi connectivity index (χ1v) is 11.1. The predicted molar refractivity (Wildman–Crippen MR) is 117 cm³/mol. The highest BCUT2D eigenvalue weighted by Gasteiger charge is 2.53. The zero-order valence-corrected chi connectivity index (χ0v) is 18.8. The van der Waals surface area contributed by atoms with Crippen LogP contribution in [0.5, 0.6) is 0 Å². The van der Waals surface area contributed by atoms with Crippen LogP contribution in [0.2, 0.25) is 0 Å². The van der Waals surface area contributed by atoms with E-state index >= 15 is 4.39 Å². The topological polar surface area (TPSA) is 58.6 Å². The molecule has 1 saturated carbocycles. The maximum absolute atomic E-state index is 15.6. The van der Waals surface area contributed by atoms with Crippen molar-refractivity contribution in [1.82, 2.24) is 10.2 Å². The number of benzene rings is 2. The van der Waals surface area contributed by atoms with Gasteiger partial charge in [-0.3, -0.25) is 9.59 Å². The van der Waals surface area contributed by atoms with E-state index < -0.39 is 29.6 Å². The summed E-state index contributed by atoms with van der Waals surface area (Å²) < 4.78 is 48.3. The van der Waals surface area contributed by atoms with Gasteiger partial charge in [-0.25, -0.2) is 13.2 Å². The number of amides is 2. The van der Waals surface area contributed by atoms with E-state index in [9.17, 15) is 18.4 Å². The van der Waals surface area contributed by atoms with Crippen molar-refractivity contribution in [2.45, 2.75) is 57.3 Å². The third kappa shape index (κ3) is 4.49. The van der Waals surface area contributed by atoms with Crippen LogP contribution in [0, 0.1) is 23.4 Å². The second-order valence-electron chi connectivity index (χ2n) is 8.94. The minimum atomic E-state index is -0.793. The van der Waals surface area contributed by atoms with E-state index in [-0.39, 0.29) is 47.4 Å². The van der Waals surface area contributed by atoms with Crippen molar-refractivity contribution in [2.75, 3.05) is 7.11 Å². The van der Waals surface area contributed by atoms with Crippen LogP contribution in [0.3, 0.4) is 0 Å². The molecule has 2 bridgehead atoms.